The van der Waals surface area contributed by atoms with E-state index in [0.717, 1.165) is 12.1 Å². The van der Waals surface area contributed by atoms with Gasteiger partial charge in [-0.1, -0.05) is 29.3 Å². The summed E-state index contributed by atoms with van der Waals surface area (Å²) in [6.07, 6.45) is 0.972. The quantitative estimate of drug-likeness (QED) is 0.713. The molecular weight excluding hydrogens is 445 g/mol. The van der Waals surface area contributed by atoms with Crippen LogP contribution in [0.5, 0.6) is 0 Å². The lowest BCUT2D eigenvalue weighted by Gasteiger charge is -2.31. The molecule has 2 aromatic carbocycles. The van der Waals surface area contributed by atoms with Crippen molar-refractivity contribution in [3.8, 4) is 0 Å². The summed E-state index contributed by atoms with van der Waals surface area (Å²) in [5.41, 5.74) is 0.418. The molecule has 1 amide bonds. The van der Waals surface area contributed by atoms with Crippen molar-refractivity contribution in [1.82, 2.24) is 4.31 Å². The summed E-state index contributed by atoms with van der Waals surface area (Å²) >= 11 is 12.2. The maximum Gasteiger partial charge on any atom is 0.228 e. The predicted octanol–water partition coefficient (Wildman–Crippen LogP) is 4.45. The van der Waals surface area contributed by atoms with Crippen molar-refractivity contribution in [2.45, 2.75) is 18.6 Å². The number of piperidine rings is 1. The summed E-state index contributed by atoms with van der Waals surface area (Å²) in [7, 11) is -3.76. The Balaban J connectivity index is 1.70. The summed E-state index contributed by atoms with van der Waals surface area (Å²) in [6, 6.07) is 7.78. The molecule has 1 atom stereocenters. The molecule has 1 fully saturated rings. The van der Waals surface area contributed by atoms with E-state index in [1.54, 1.807) is 18.2 Å². The number of hydrogen-bond acceptors (Lipinski definition) is 3. The number of nitrogens with one attached hydrogen (secondary N) is 1. The number of hydrogen-bond donors (Lipinski definition) is 1. The average Bonchev–Trinajstić information content (AvgIpc) is 2.68. The van der Waals surface area contributed by atoms with Gasteiger partial charge < -0.3 is 5.32 Å². The van der Waals surface area contributed by atoms with Crippen LogP contribution < -0.4 is 5.32 Å². The van der Waals surface area contributed by atoms with Gasteiger partial charge in [-0.3, -0.25) is 4.79 Å². The minimum absolute atomic E-state index is 0.0140. The normalized spacial score (nSPS) is 17.9. The summed E-state index contributed by atoms with van der Waals surface area (Å²) in [6.45, 7) is 0.263. The van der Waals surface area contributed by atoms with E-state index in [9.17, 15) is 22.0 Å². The third-order valence-corrected chi connectivity index (χ3v) is 7.20. The molecule has 1 aliphatic heterocycles. The van der Waals surface area contributed by atoms with E-state index in [4.69, 9.17) is 23.2 Å². The van der Waals surface area contributed by atoms with Crippen LogP contribution in [0.1, 0.15) is 18.4 Å². The minimum atomic E-state index is -3.76. The molecule has 1 N–H and O–H groups in total. The number of halogens is 4. The number of carbonyl (C=O) groups excluding carboxylic acids is 1. The van der Waals surface area contributed by atoms with Crippen molar-refractivity contribution in [1.29, 1.82) is 0 Å². The highest BCUT2D eigenvalue weighted by molar-refractivity contribution is 7.88. The fourth-order valence-corrected chi connectivity index (χ4v) is 5.53. The molecule has 3 rings (SSSR count). The molecular formula is C19H18Cl2F2N2O3S. The molecule has 1 heterocycles. The first-order valence-corrected chi connectivity index (χ1v) is 11.2. The maximum absolute atomic E-state index is 13.3. The van der Waals surface area contributed by atoms with Gasteiger partial charge in [-0.2, -0.15) is 0 Å². The Morgan fingerprint density at radius 2 is 1.83 bits per heavy atom. The van der Waals surface area contributed by atoms with E-state index >= 15 is 0 Å². The standard InChI is InChI=1S/C19H18Cl2F2N2O3S/c20-15-4-1-5-16(21)14(15)11-29(27,28)25-8-2-3-12(10-25)19(26)24-13-6-7-17(22)18(23)9-13/h1,4-7,9,12H,2-3,8,10-11H2,(H,24,26)/t12-/m1/s1. The molecule has 29 heavy (non-hydrogen) atoms. The van der Waals surface area contributed by atoms with E-state index in [0.29, 0.717) is 18.4 Å². The number of rotatable bonds is 5. The maximum atomic E-state index is 13.3. The minimum Gasteiger partial charge on any atom is -0.326 e. The molecule has 0 saturated carbocycles. The van der Waals surface area contributed by atoms with Crippen LogP contribution in [-0.4, -0.2) is 31.7 Å². The van der Waals surface area contributed by atoms with Crippen LogP contribution >= 0.6 is 23.2 Å². The summed E-state index contributed by atoms with van der Waals surface area (Å²) in [4.78, 5) is 12.5. The van der Waals surface area contributed by atoms with Crippen LogP contribution in [0.15, 0.2) is 36.4 Å². The molecule has 0 aromatic heterocycles. The lowest BCUT2D eigenvalue weighted by Crippen LogP contribution is -2.44. The Labute approximate surface area is 177 Å². The lowest BCUT2D eigenvalue weighted by atomic mass is 9.98. The van der Waals surface area contributed by atoms with Gasteiger partial charge in [-0.05, 0) is 37.1 Å². The molecule has 1 aliphatic rings. The zero-order valence-corrected chi connectivity index (χ0v) is 17.5. The number of anilines is 1. The van der Waals surface area contributed by atoms with Crippen LogP contribution in [0.3, 0.4) is 0 Å². The number of benzene rings is 2. The monoisotopic (exact) mass is 462 g/mol. The van der Waals surface area contributed by atoms with Crippen LogP contribution in [0.2, 0.25) is 10.0 Å². The molecule has 0 radical (unpaired) electrons. The van der Waals surface area contributed by atoms with Crippen molar-refractivity contribution in [2.75, 3.05) is 18.4 Å². The fraction of sp³-hybridized carbons (Fsp3) is 0.316. The third-order valence-electron chi connectivity index (χ3n) is 4.72. The summed E-state index contributed by atoms with van der Waals surface area (Å²) in [5, 5.41) is 3.02. The average molecular weight is 463 g/mol. The largest absolute Gasteiger partial charge is 0.326 e. The van der Waals surface area contributed by atoms with Crippen molar-refractivity contribution < 1.29 is 22.0 Å². The Kier molecular flexibility index (Phi) is 6.78. The zero-order chi connectivity index (χ0) is 21.2. The topological polar surface area (TPSA) is 66.5 Å². The second kappa shape index (κ2) is 8.95. The number of carbonyl (C=O) groups is 1. The van der Waals surface area contributed by atoms with Gasteiger partial charge in [-0.25, -0.2) is 21.5 Å². The van der Waals surface area contributed by atoms with Gasteiger partial charge in [0.2, 0.25) is 15.9 Å². The van der Waals surface area contributed by atoms with Gasteiger partial charge in [0, 0.05) is 40.5 Å². The molecule has 0 spiro atoms. The Morgan fingerprint density at radius 1 is 1.14 bits per heavy atom. The fourth-order valence-electron chi connectivity index (χ4n) is 3.17. The number of amides is 1. The highest BCUT2D eigenvalue weighted by Crippen LogP contribution is 2.29. The second-order valence-corrected chi connectivity index (χ2v) is 9.56. The van der Waals surface area contributed by atoms with E-state index in [1.807, 2.05) is 0 Å². The van der Waals surface area contributed by atoms with Gasteiger partial charge in [0.15, 0.2) is 11.6 Å². The number of nitrogens with zero attached hydrogens (tertiary/aromatic N) is 1. The van der Waals surface area contributed by atoms with Crippen LogP contribution in [-0.2, 0) is 20.6 Å². The first-order valence-electron chi connectivity index (χ1n) is 8.84. The van der Waals surface area contributed by atoms with Gasteiger partial charge in [0.25, 0.3) is 0 Å². The van der Waals surface area contributed by atoms with E-state index in [2.05, 4.69) is 5.32 Å². The molecule has 5 nitrogen and oxygen atoms in total. The Bertz CT molecular complexity index is 1010. The van der Waals surface area contributed by atoms with Crippen molar-refractivity contribution >= 4 is 44.8 Å². The van der Waals surface area contributed by atoms with Gasteiger partial charge in [0.1, 0.15) is 0 Å². The molecule has 10 heteroatoms. The smallest absolute Gasteiger partial charge is 0.228 e. The molecule has 156 valence electrons. The lowest BCUT2D eigenvalue weighted by molar-refractivity contribution is -0.120. The van der Waals surface area contributed by atoms with E-state index < -0.39 is 33.5 Å². The molecule has 2 aromatic rings. The molecule has 1 saturated heterocycles. The van der Waals surface area contributed by atoms with Crippen molar-refractivity contribution in [3.05, 3.63) is 63.6 Å². The van der Waals surface area contributed by atoms with E-state index in [-0.39, 0.29) is 34.6 Å². The van der Waals surface area contributed by atoms with Crippen LogP contribution in [0, 0.1) is 17.6 Å². The third kappa shape index (κ3) is 5.25. The molecule has 0 unspecified atom stereocenters. The SMILES string of the molecule is O=C(Nc1ccc(F)c(F)c1)[C@@H]1CCCN(S(=O)(=O)Cc2c(Cl)cccc2Cl)C1. The highest BCUT2D eigenvalue weighted by atomic mass is 35.5. The van der Waals surface area contributed by atoms with Gasteiger partial charge in [0.05, 0.1) is 11.7 Å². The summed E-state index contributed by atoms with van der Waals surface area (Å²) < 4.78 is 53.3. The Morgan fingerprint density at radius 3 is 2.48 bits per heavy atom. The summed E-state index contributed by atoms with van der Waals surface area (Å²) in [5.74, 6) is -3.54. The zero-order valence-electron chi connectivity index (χ0n) is 15.2. The van der Waals surface area contributed by atoms with Gasteiger partial charge in [-0.15, -0.1) is 0 Å². The first kappa shape index (κ1) is 22.0. The van der Waals surface area contributed by atoms with Crippen LogP contribution in [0.25, 0.3) is 0 Å². The van der Waals surface area contributed by atoms with Crippen molar-refractivity contribution in [3.63, 3.8) is 0 Å². The van der Waals surface area contributed by atoms with Gasteiger partial charge >= 0.3 is 0 Å². The molecule has 0 bridgehead atoms. The van der Waals surface area contributed by atoms with Crippen molar-refractivity contribution in [2.24, 2.45) is 5.92 Å². The Hall–Kier alpha value is -1.74. The van der Waals surface area contributed by atoms with Crippen LogP contribution in [0.4, 0.5) is 14.5 Å². The van der Waals surface area contributed by atoms with E-state index in [1.165, 1.54) is 10.4 Å². The first-order chi connectivity index (χ1) is 13.7. The predicted molar refractivity (Wildman–Crippen MR) is 108 cm³/mol. The molecule has 0 aliphatic carbocycles. The second-order valence-electron chi connectivity index (χ2n) is 6.77. The number of sulfonamides is 1. The highest BCUT2D eigenvalue weighted by Gasteiger charge is 2.33.